The van der Waals surface area contributed by atoms with Crippen molar-refractivity contribution >= 4 is 33.4 Å². The number of imide groups is 1. The number of aromatic nitrogens is 1. The van der Waals surface area contributed by atoms with E-state index < -0.39 is 50.8 Å². The number of rotatable bonds is 5. The van der Waals surface area contributed by atoms with E-state index in [1.807, 2.05) is 0 Å². The van der Waals surface area contributed by atoms with Crippen LogP contribution in [0.5, 0.6) is 0 Å². The number of sulfone groups is 1. The van der Waals surface area contributed by atoms with E-state index in [4.69, 9.17) is 0 Å². The number of carbonyl (C=O) groups excluding carboxylic acids is 3. The van der Waals surface area contributed by atoms with Crippen LogP contribution in [0.3, 0.4) is 0 Å². The zero-order valence-corrected chi connectivity index (χ0v) is 20.0. The van der Waals surface area contributed by atoms with E-state index in [1.54, 1.807) is 0 Å². The summed E-state index contributed by atoms with van der Waals surface area (Å²) < 4.78 is 61.1. The molecule has 192 valence electrons. The van der Waals surface area contributed by atoms with Crippen LogP contribution in [0.25, 0.3) is 11.1 Å². The molecule has 1 unspecified atom stereocenters. The summed E-state index contributed by atoms with van der Waals surface area (Å²) in [7, 11) is -5.57. The smallest absolute Gasteiger partial charge is 0.332 e. The topological polar surface area (TPSA) is 117 Å². The molecule has 1 aromatic heterocycles. The maximum atomic E-state index is 12.9. The zero-order chi connectivity index (χ0) is 27.0. The molecule has 1 N–H and O–H groups in total. The van der Waals surface area contributed by atoms with Gasteiger partial charge in [0.05, 0.1) is 10.6 Å². The highest BCUT2D eigenvalue weighted by molar-refractivity contribution is 7.92. The van der Waals surface area contributed by atoms with Gasteiger partial charge in [-0.3, -0.25) is 19.5 Å². The lowest BCUT2D eigenvalue weighted by Crippen LogP contribution is -2.43. The number of alkyl halides is 3. The van der Waals surface area contributed by atoms with Crippen LogP contribution in [0.4, 0.5) is 23.7 Å². The molecule has 37 heavy (non-hydrogen) atoms. The SMILES string of the molecule is CC(=O)NC(c1ccncc1)N1CC(=O)N(c2ccc(S(=O)(=O)C(F)(F)F)cc2)C1=O.c1cc2cc-2c1. The summed E-state index contributed by atoms with van der Waals surface area (Å²) in [5.41, 5.74) is -2.28. The lowest BCUT2D eigenvalue weighted by molar-refractivity contribution is -0.121. The standard InChI is InChI=1S/C18H15F3N4O5S.C6H4/c1-11(26)23-16(12-6-8-22-9-7-12)24-10-15(27)25(17(24)28)13-2-4-14(5-3-13)31(29,30)18(19,20)21;1-2-5-4-6(5)3-1/h2-9,16H,10H2,1H3,(H,23,26);1-4H. The van der Waals surface area contributed by atoms with Gasteiger partial charge >= 0.3 is 11.5 Å². The van der Waals surface area contributed by atoms with Gasteiger partial charge in [-0.1, -0.05) is 18.2 Å². The van der Waals surface area contributed by atoms with Crippen LogP contribution < -0.4 is 10.2 Å². The first kappa shape index (κ1) is 25.8. The summed E-state index contributed by atoms with van der Waals surface area (Å²) in [5, 5.41) is 2.56. The minimum Gasteiger partial charge on any atom is -0.332 e. The fourth-order valence-electron chi connectivity index (χ4n) is 3.64. The fourth-order valence-corrected chi connectivity index (χ4v) is 4.40. The number of urea groups is 1. The van der Waals surface area contributed by atoms with Crippen LogP contribution in [-0.2, 0) is 19.4 Å². The van der Waals surface area contributed by atoms with Gasteiger partial charge in [-0.25, -0.2) is 18.1 Å². The van der Waals surface area contributed by atoms with Crippen LogP contribution in [0, 0.1) is 0 Å². The number of anilines is 1. The van der Waals surface area contributed by atoms with Crippen molar-refractivity contribution < 1.29 is 36.0 Å². The van der Waals surface area contributed by atoms with Crippen LogP contribution in [0.15, 0.2) is 78.0 Å². The maximum absolute atomic E-state index is 12.9. The Kier molecular flexibility index (Phi) is 6.74. The Morgan fingerprint density at radius 3 is 2.05 bits per heavy atom. The molecule has 1 aliphatic heterocycles. The second-order valence-corrected chi connectivity index (χ2v) is 9.99. The largest absolute Gasteiger partial charge is 0.501 e. The molecule has 2 aromatic rings. The number of nitrogens with zero attached hydrogens (tertiary/aromatic N) is 3. The minimum atomic E-state index is -5.57. The van der Waals surface area contributed by atoms with E-state index in [9.17, 15) is 36.0 Å². The van der Waals surface area contributed by atoms with Crippen LogP contribution in [0.2, 0.25) is 0 Å². The van der Waals surface area contributed by atoms with E-state index in [0.29, 0.717) is 22.6 Å². The van der Waals surface area contributed by atoms with Crippen LogP contribution >= 0.6 is 0 Å². The molecule has 9 nitrogen and oxygen atoms in total. The van der Waals surface area contributed by atoms with Gasteiger partial charge in [-0.2, -0.15) is 13.2 Å². The highest BCUT2D eigenvalue weighted by Crippen LogP contribution is 2.33. The molecule has 5 rings (SSSR count). The van der Waals surface area contributed by atoms with Crippen molar-refractivity contribution in [2.24, 2.45) is 0 Å². The monoisotopic (exact) mass is 532 g/mol. The number of hydrogen-bond donors (Lipinski definition) is 1. The van der Waals surface area contributed by atoms with Crippen molar-refractivity contribution in [2.45, 2.75) is 23.5 Å². The van der Waals surface area contributed by atoms with E-state index in [-0.39, 0.29) is 5.69 Å². The second kappa shape index (κ2) is 9.65. The number of halogens is 3. The summed E-state index contributed by atoms with van der Waals surface area (Å²) in [6.45, 7) is 0.808. The third-order valence-electron chi connectivity index (χ3n) is 5.49. The van der Waals surface area contributed by atoms with Gasteiger partial charge < -0.3 is 5.32 Å². The fraction of sp³-hybridized carbons (Fsp3) is 0.167. The number of fused-ring (bicyclic) bond motifs is 1. The molecule has 0 spiro atoms. The Labute approximate surface area is 209 Å². The molecule has 1 atom stereocenters. The van der Waals surface area contributed by atoms with Crippen molar-refractivity contribution in [3.8, 4) is 11.1 Å². The molecule has 4 amide bonds. The molecule has 2 aliphatic carbocycles. The van der Waals surface area contributed by atoms with Crippen molar-refractivity contribution in [3.05, 3.63) is 78.6 Å². The van der Waals surface area contributed by atoms with Crippen molar-refractivity contribution in [1.82, 2.24) is 15.2 Å². The third kappa shape index (κ3) is 5.31. The van der Waals surface area contributed by atoms with E-state index in [2.05, 4.69) is 34.6 Å². The van der Waals surface area contributed by atoms with Gasteiger partial charge in [0, 0.05) is 19.3 Å². The lowest BCUT2D eigenvalue weighted by atomic mass is 10.2. The second-order valence-electron chi connectivity index (χ2n) is 8.05. The average molecular weight is 533 g/mol. The van der Waals surface area contributed by atoms with Crippen molar-refractivity contribution in [3.63, 3.8) is 0 Å². The number of pyridine rings is 1. The highest BCUT2D eigenvalue weighted by atomic mass is 32.2. The van der Waals surface area contributed by atoms with E-state index in [0.717, 1.165) is 17.0 Å². The highest BCUT2D eigenvalue weighted by Gasteiger charge is 2.47. The number of nitrogens with one attached hydrogen (secondary N) is 1. The van der Waals surface area contributed by atoms with Gasteiger partial charge in [0.25, 0.3) is 15.7 Å². The molecule has 0 bridgehead atoms. The van der Waals surface area contributed by atoms with Crippen molar-refractivity contribution in [1.29, 1.82) is 0 Å². The Hall–Kier alpha value is -4.26. The Morgan fingerprint density at radius 1 is 1.00 bits per heavy atom. The van der Waals surface area contributed by atoms with E-state index >= 15 is 0 Å². The average Bonchev–Trinajstić information content (AvgIpc) is 3.32. The zero-order valence-electron chi connectivity index (χ0n) is 19.1. The molecular weight excluding hydrogens is 513 g/mol. The summed E-state index contributed by atoms with van der Waals surface area (Å²) in [4.78, 5) is 41.6. The molecule has 1 saturated heterocycles. The molecule has 13 heteroatoms. The van der Waals surface area contributed by atoms with E-state index in [1.165, 1.54) is 42.6 Å². The van der Waals surface area contributed by atoms with Crippen molar-refractivity contribution in [2.75, 3.05) is 11.4 Å². The molecule has 0 saturated carbocycles. The number of amides is 4. The van der Waals surface area contributed by atoms with Gasteiger partial charge in [-0.15, -0.1) is 0 Å². The first-order valence-electron chi connectivity index (χ1n) is 10.7. The first-order valence-corrected chi connectivity index (χ1v) is 12.2. The minimum absolute atomic E-state index is 0.116. The Balaban J connectivity index is 0.000000458. The molecule has 0 radical (unpaired) electrons. The molecule has 1 fully saturated rings. The lowest BCUT2D eigenvalue weighted by Gasteiger charge is -2.27. The van der Waals surface area contributed by atoms with Crippen LogP contribution in [-0.4, -0.2) is 48.2 Å². The third-order valence-corrected chi connectivity index (χ3v) is 6.99. The molecule has 1 aromatic carbocycles. The summed E-state index contributed by atoms with van der Waals surface area (Å²) in [5.74, 6) is -1.18. The number of hydrogen-bond acceptors (Lipinski definition) is 6. The Morgan fingerprint density at radius 2 is 1.59 bits per heavy atom. The summed E-state index contributed by atoms with van der Waals surface area (Å²) in [6.07, 6.45) is 1.88. The van der Waals surface area contributed by atoms with Gasteiger partial charge in [0.15, 0.2) is 0 Å². The molecule has 2 heterocycles. The summed E-state index contributed by atoms with van der Waals surface area (Å²) >= 11 is 0. The number of carbonyl (C=O) groups is 3. The predicted molar refractivity (Wildman–Crippen MR) is 126 cm³/mol. The van der Waals surface area contributed by atoms with Crippen LogP contribution in [0.1, 0.15) is 18.7 Å². The molecule has 3 aliphatic rings. The quantitative estimate of drug-likeness (QED) is 0.392. The maximum Gasteiger partial charge on any atom is 0.501 e. The van der Waals surface area contributed by atoms with Gasteiger partial charge in [0.2, 0.25) is 5.91 Å². The Bertz CT molecular complexity index is 1440. The first-order chi connectivity index (χ1) is 17.4. The predicted octanol–water partition coefficient (Wildman–Crippen LogP) is 3.65. The van der Waals surface area contributed by atoms with Gasteiger partial charge in [-0.05, 0) is 59.2 Å². The summed E-state index contributed by atoms with van der Waals surface area (Å²) in [6, 6.07) is 13.9. The number of benzene rings is 2. The molecular formula is C24H19F3N4O5S. The normalized spacial score (nSPS) is 15.1. The van der Waals surface area contributed by atoms with Gasteiger partial charge in [0.1, 0.15) is 12.7 Å².